The lowest BCUT2D eigenvalue weighted by Gasteiger charge is -2.15. The van der Waals surface area contributed by atoms with Crippen molar-refractivity contribution in [3.8, 4) is 12.0 Å². The van der Waals surface area contributed by atoms with Crippen molar-refractivity contribution in [2.24, 2.45) is 0 Å². The van der Waals surface area contributed by atoms with Crippen LogP contribution in [0.5, 0.6) is 12.0 Å². The van der Waals surface area contributed by atoms with Crippen LogP contribution in [0.3, 0.4) is 0 Å². The van der Waals surface area contributed by atoms with Crippen molar-refractivity contribution >= 4 is 22.3 Å². The van der Waals surface area contributed by atoms with Crippen LogP contribution in [0.25, 0.3) is 0 Å². The third-order valence-electron chi connectivity index (χ3n) is 1.77. The van der Waals surface area contributed by atoms with Crippen LogP contribution in [-0.2, 0) is 10.3 Å². The summed E-state index contributed by atoms with van der Waals surface area (Å²) in [5, 5.41) is 0. The van der Waals surface area contributed by atoms with Crippen LogP contribution >= 0.6 is 0 Å². The lowest BCUT2D eigenvalue weighted by molar-refractivity contribution is 0.251. The van der Waals surface area contributed by atoms with E-state index in [1.807, 2.05) is 0 Å². The highest BCUT2D eigenvalue weighted by molar-refractivity contribution is 7.84. The Kier molecular flexibility index (Phi) is 4.39. The molecule has 11 nitrogen and oxygen atoms in total. The number of urea groups is 1. The van der Waals surface area contributed by atoms with E-state index in [-0.39, 0.29) is 18.0 Å². The fraction of sp³-hybridized carbons (Fsp3) is 0.429. The molecule has 0 saturated heterocycles. The summed E-state index contributed by atoms with van der Waals surface area (Å²) < 4.78 is 40.4. The molecule has 0 aliphatic rings. The smallest absolute Gasteiger partial charge is 0.361 e. The molecule has 1 rings (SSSR count). The first-order chi connectivity index (χ1) is 8.76. The van der Waals surface area contributed by atoms with Crippen LogP contribution in [0.15, 0.2) is 0 Å². The number of carbonyl (C=O) groups is 1. The van der Waals surface area contributed by atoms with Gasteiger partial charge in [0, 0.05) is 7.05 Å². The minimum Gasteiger partial charge on any atom is -0.467 e. The number of hydrogen-bond acceptors (Lipinski definition) is 8. The van der Waals surface area contributed by atoms with E-state index in [4.69, 9.17) is 14.0 Å². The molecule has 106 valence electrons. The van der Waals surface area contributed by atoms with Crippen molar-refractivity contribution in [3.05, 3.63) is 0 Å². The molecule has 0 saturated carbocycles. The number of carbonyl (C=O) groups excluding carboxylic acids is 1. The summed E-state index contributed by atoms with van der Waals surface area (Å²) in [5.74, 6) is -0.232. The van der Waals surface area contributed by atoms with Gasteiger partial charge in [0.1, 0.15) is 0 Å². The molecule has 0 radical (unpaired) electrons. The topological polar surface area (TPSA) is 144 Å². The predicted molar refractivity (Wildman–Crippen MR) is 61.4 cm³/mol. The summed E-state index contributed by atoms with van der Waals surface area (Å²) >= 11 is 0. The van der Waals surface area contributed by atoms with Crippen LogP contribution in [0.1, 0.15) is 0 Å². The van der Waals surface area contributed by atoms with E-state index >= 15 is 0 Å². The molecule has 12 heteroatoms. The summed E-state index contributed by atoms with van der Waals surface area (Å²) in [4.78, 5) is 23.3. The molecule has 0 bridgehead atoms. The lowest BCUT2D eigenvalue weighted by atomic mass is 10.7. The average molecular weight is 293 g/mol. The monoisotopic (exact) mass is 293 g/mol. The molecule has 0 fully saturated rings. The van der Waals surface area contributed by atoms with E-state index < -0.39 is 16.3 Å². The zero-order valence-electron chi connectivity index (χ0n) is 10.2. The van der Waals surface area contributed by atoms with Gasteiger partial charge in [0.05, 0.1) is 14.2 Å². The Morgan fingerprint density at radius 3 is 2.05 bits per heavy atom. The van der Waals surface area contributed by atoms with Gasteiger partial charge in [0.2, 0.25) is 5.95 Å². The number of hydrogen-bond donors (Lipinski definition) is 2. The number of amides is 2. The van der Waals surface area contributed by atoms with E-state index in [0.29, 0.717) is 0 Å². The molecule has 19 heavy (non-hydrogen) atoms. The molecule has 2 N–H and O–H groups in total. The Balaban J connectivity index is 3.04. The number of anilines is 1. The lowest BCUT2D eigenvalue weighted by Crippen LogP contribution is -2.41. The van der Waals surface area contributed by atoms with Crippen molar-refractivity contribution in [2.75, 3.05) is 26.2 Å². The summed E-state index contributed by atoms with van der Waals surface area (Å²) in [6.07, 6.45) is 0. The molecule has 0 aliphatic carbocycles. The first-order valence-electron chi connectivity index (χ1n) is 4.63. The van der Waals surface area contributed by atoms with Crippen molar-refractivity contribution in [1.82, 2.24) is 19.7 Å². The van der Waals surface area contributed by atoms with Gasteiger partial charge >= 0.3 is 28.4 Å². The van der Waals surface area contributed by atoms with E-state index in [2.05, 4.69) is 15.0 Å². The van der Waals surface area contributed by atoms with Crippen molar-refractivity contribution in [2.45, 2.75) is 0 Å². The van der Waals surface area contributed by atoms with Crippen LogP contribution in [0, 0.1) is 0 Å². The normalized spacial score (nSPS) is 10.7. The first kappa shape index (κ1) is 14.8. The van der Waals surface area contributed by atoms with Gasteiger partial charge in [-0.3, -0.25) is 9.45 Å². The Bertz CT molecular complexity index is 553. The van der Waals surface area contributed by atoms with E-state index in [1.165, 1.54) is 26.0 Å². The van der Waals surface area contributed by atoms with Gasteiger partial charge in [0.15, 0.2) is 0 Å². The maximum absolute atomic E-state index is 11.5. The van der Waals surface area contributed by atoms with Crippen LogP contribution in [0.2, 0.25) is 0 Å². The van der Waals surface area contributed by atoms with Gasteiger partial charge in [0.25, 0.3) is 0 Å². The molecule has 2 amide bonds. The van der Waals surface area contributed by atoms with Gasteiger partial charge in [-0.1, -0.05) is 0 Å². The van der Waals surface area contributed by atoms with Crippen LogP contribution < -0.4 is 19.1 Å². The maximum atomic E-state index is 11.5. The summed E-state index contributed by atoms with van der Waals surface area (Å²) in [5.41, 5.74) is 0. The second kappa shape index (κ2) is 5.62. The van der Waals surface area contributed by atoms with Gasteiger partial charge in [-0.2, -0.15) is 18.4 Å². The number of aromatic nitrogens is 3. The zero-order chi connectivity index (χ0) is 14.6. The van der Waals surface area contributed by atoms with Crippen LogP contribution in [-0.4, -0.2) is 55.2 Å². The molecule has 1 aromatic heterocycles. The standard InChI is InChI=1S/C7H11N5O6S/c1-12(7(13)11-19(14,15)16)4-8-5(17-2)10-6(9-4)18-3/h1-3H3,(H,11,13)(H,14,15,16). The molecule has 0 atom stereocenters. The molecule has 1 aromatic rings. The van der Waals surface area contributed by atoms with Crippen LogP contribution in [0.4, 0.5) is 10.7 Å². The number of methoxy groups -OCH3 is 2. The van der Waals surface area contributed by atoms with Gasteiger partial charge in [-0.05, 0) is 0 Å². The SMILES string of the molecule is COc1nc(OC)nc(N(C)C(=O)NS(=O)(=O)O)n1. The quantitative estimate of drug-likeness (QED) is 0.656. The van der Waals surface area contributed by atoms with E-state index in [1.54, 1.807) is 0 Å². The second-order valence-corrected chi connectivity index (χ2v) is 4.20. The second-order valence-electron chi connectivity index (χ2n) is 3.05. The molecule has 1 heterocycles. The molecule has 0 aromatic carbocycles. The van der Waals surface area contributed by atoms with Gasteiger partial charge in [-0.25, -0.2) is 9.52 Å². The fourth-order valence-corrected chi connectivity index (χ4v) is 1.29. The Hall–Kier alpha value is -2.21. The summed E-state index contributed by atoms with van der Waals surface area (Å²) in [6, 6.07) is -1.43. The summed E-state index contributed by atoms with van der Waals surface area (Å²) in [6.45, 7) is 0. The molecular formula is C7H11N5O6S. The highest BCUT2D eigenvalue weighted by Crippen LogP contribution is 2.14. The first-order valence-corrected chi connectivity index (χ1v) is 6.08. The number of nitrogens with zero attached hydrogens (tertiary/aromatic N) is 4. The third-order valence-corrected chi connectivity index (χ3v) is 2.20. The molecule has 0 spiro atoms. The van der Waals surface area contributed by atoms with Crippen molar-refractivity contribution in [1.29, 1.82) is 0 Å². The van der Waals surface area contributed by atoms with Gasteiger partial charge < -0.3 is 9.47 Å². The van der Waals surface area contributed by atoms with E-state index in [9.17, 15) is 13.2 Å². The molecular weight excluding hydrogens is 282 g/mol. The number of rotatable bonds is 4. The highest BCUT2D eigenvalue weighted by atomic mass is 32.2. The average Bonchev–Trinajstić information content (AvgIpc) is 2.35. The molecule has 0 unspecified atom stereocenters. The third kappa shape index (κ3) is 4.18. The minimum absolute atomic E-state index is 0.131. The predicted octanol–water partition coefficient (Wildman–Crippen LogP) is -1.16. The maximum Gasteiger partial charge on any atom is 0.361 e. The zero-order valence-corrected chi connectivity index (χ0v) is 11.0. The van der Waals surface area contributed by atoms with E-state index in [0.717, 1.165) is 4.90 Å². The van der Waals surface area contributed by atoms with Crippen molar-refractivity contribution in [3.63, 3.8) is 0 Å². The minimum atomic E-state index is -4.68. The summed E-state index contributed by atoms with van der Waals surface area (Å²) in [7, 11) is -0.930. The number of ether oxygens (including phenoxy) is 2. The largest absolute Gasteiger partial charge is 0.467 e. The fourth-order valence-electron chi connectivity index (χ4n) is 0.930. The Morgan fingerprint density at radius 2 is 1.68 bits per heavy atom. The molecule has 0 aliphatic heterocycles. The van der Waals surface area contributed by atoms with Crippen molar-refractivity contribution < 1.29 is 27.2 Å². The Morgan fingerprint density at radius 1 is 1.21 bits per heavy atom. The van der Waals surface area contributed by atoms with Gasteiger partial charge in [-0.15, -0.1) is 4.98 Å². The number of nitrogens with one attached hydrogen (secondary N) is 1. The highest BCUT2D eigenvalue weighted by Gasteiger charge is 2.20. The Labute approximate surface area is 108 Å².